The first-order valence-electron chi connectivity index (χ1n) is 9.10. The summed E-state index contributed by atoms with van der Waals surface area (Å²) in [6.45, 7) is 1.19. The molecule has 1 unspecified atom stereocenters. The monoisotopic (exact) mass is 273 g/mol. The van der Waals surface area contributed by atoms with Crippen LogP contribution in [-0.4, -0.2) is 31.6 Å². The van der Waals surface area contributed by atoms with Crippen molar-refractivity contribution in [1.29, 1.82) is 0 Å². The summed E-state index contributed by atoms with van der Waals surface area (Å²) in [5.74, 6) is 1.47. The van der Waals surface area contributed by atoms with E-state index in [1.807, 2.05) is 6.07 Å². The van der Waals surface area contributed by atoms with E-state index in [1.54, 1.807) is 0 Å². The van der Waals surface area contributed by atoms with Gasteiger partial charge in [0.15, 0.2) is 0 Å². The Morgan fingerprint density at radius 1 is 1.35 bits per heavy atom. The first-order valence-corrected chi connectivity index (χ1v) is 7.95. The van der Waals surface area contributed by atoms with Crippen LogP contribution in [0.25, 0.3) is 0 Å². The fourth-order valence-corrected chi connectivity index (χ4v) is 5.25. The smallest absolute Gasteiger partial charge is 0.119 e. The van der Waals surface area contributed by atoms with Crippen molar-refractivity contribution in [3.63, 3.8) is 0 Å². The number of rotatable bonds is 1. The molecule has 0 amide bonds. The van der Waals surface area contributed by atoms with Crippen molar-refractivity contribution in [1.82, 2.24) is 4.90 Å². The lowest BCUT2D eigenvalue weighted by atomic mass is 9.52. The quantitative estimate of drug-likeness (QED) is 0.778. The van der Waals surface area contributed by atoms with Crippen molar-refractivity contribution < 1.29 is 7.48 Å². The van der Waals surface area contributed by atoms with Gasteiger partial charge in [-0.25, -0.2) is 0 Å². The zero-order valence-corrected chi connectivity index (χ0v) is 12.3. The van der Waals surface area contributed by atoms with Gasteiger partial charge < -0.3 is 9.64 Å². The zero-order valence-electron chi connectivity index (χ0n) is 14.3. The summed E-state index contributed by atoms with van der Waals surface area (Å²) in [5, 5.41) is 0. The van der Waals surface area contributed by atoms with Crippen LogP contribution in [0.1, 0.15) is 46.0 Å². The Morgan fingerprint density at radius 2 is 2.30 bits per heavy atom. The lowest BCUT2D eigenvalue weighted by Crippen LogP contribution is -2.59. The van der Waals surface area contributed by atoms with E-state index in [4.69, 9.17) is 7.48 Å². The van der Waals surface area contributed by atoms with Crippen LogP contribution in [0.3, 0.4) is 0 Å². The number of hydrogen-bond acceptors (Lipinski definition) is 2. The van der Waals surface area contributed by atoms with Crippen molar-refractivity contribution in [2.24, 2.45) is 5.92 Å². The summed E-state index contributed by atoms with van der Waals surface area (Å²) in [6, 6.07) is 6.98. The lowest BCUT2D eigenvalue weighted by Gasteiger charge is -2.58. The lowest BCUT2D eigenvalue weighted by molar-refractivity contribution is 0.00274. The Balaban J connectivity index is 1.80. The summed E-state index contributed by atoms with van der Waals surface area (Å²) in [7, 11) is 1.04. The van der Waals surface area contributed by atoms with E-state index in [1.165, 1.54) is 49.8 Å². The van der Waals surface area contributed by atoms with Gasteiger partial charge in [0, 0.05) is 11.5 Å². The molecule has 0 radical (unpaired) electrons. The third-order valence-corrected chi connectivity index (χ3v) is 6.22. The van der Waals surface area contributed by atoms with Gasteiger partial charge >= 0.3 is 0 Å². The minimum atomic E-state index is -1.24. The van der Waals surface area contributed by atoms with Crippen LogP contribution in [0.5, 0.6) is 5.75 Å². The molecule has 1 saturated heterocycles. The third kappa shape index (κ3) is 1.60. The van der Waals surface area contributed by atoms with Crippen LogP contribution >= 0.6 is 0 Å². The SMILES string of the molecule is [2H]C([2H])Oc1ccc2c(c1)[C@]13CCCCC1[C@H](C2)N(C)CC3. The third-order valence-electron chi connectivity index (χ3n) is 6.22. The Hall–Kier alpha value is -1.02. The van der Waals surface area contributed by atoms with Crippen molar-refractivity contribution in [3.05, 3.63) is 29.3 Å². The number of nitrogens with zero attached hydrogens (tertiary/aromatic N) is 1. The maximum absolute atomic E-state index is 7.34. The predicted octanol–water partition coefficient (Wildman–Crippen LogP) is 3.38. The topological polar surface area (TPSA) is 12.5 Å². The number of likely N-dealkylation sites (N-methyl/N-ethyl adjacent to an activating group) is 1. The van der Waals surface area contributed by atoms with E-state index in [0.29, 0.717) is 17.2 Å². The van der Waals surface area contributed by atoms with Crippen LogP contribution in [0, 0.1) is 5.92 Å². The molecule has 3 atom stereocenters. The Kier molecular flexibility index (Phi) is 2.40. The minimum absolute atomic E-state index is 0.321. The second-order valence-electron chi connectivity index (χ2n) is 6.95. The number of benzene rings is 1. The van der Waals surface area contributed by atoms with Crippen LogP contribution in [0.4, 0.5) is 0 Å². The highest BCUT2D eigenvalue weighted by Gasteiger charge is 2.53. The van der Waals surface area contributed by atoms with E-state index < -0.39 is 7.06 Å². The standard InChI is InChI=1S/C18H25NO/c1-19-10-9-18-8-4-3-5-15(18)17(19)11-13-6-7-14(20-2)12-16(13)18/h6-7,12,15,17H,3-5,8-11H2,1-2H3/t15?,17-,18-/m0/s1/i2D2. The van der Waals surface area contributed by atoms with Gasteiger partial charge in [0.1, 0.15) is 5.75 Å². The highest BCUT2D eigenvalue weighted by molar-refractivity contribution is 5.45. The number of methoxy groups -OCH3 is 1. The molecule has 20 heavy (non-hydrogen) atoms. The van der Waals surface area contributed by atoms with Gasteiger partial charge in [-0.2, -0.15) is 0 Å². The number of likely N-dealkylation sites (tertiary alicyclic amines) is 1. The summed E-state index contributed by atoms with van der Waals surface area (Å²) in [4.78, 5) is 2.57. The fourth-order valence-electron chi connectivity index (χ4n) is 5.25. The Labute approximate surface area is 124 Å². The van der Waals surface area contributed by atoms with E-state index in [-0.39, 0.29) is 0 Å². The van der Waals surface area contributed by atoms with Gasteiger partial charge in [-0.15, -0.1) is 0 Å². The van der Waals surface area contributed by atoms with Crippen LogP contribution < -0.4 is 4.74 Å². The Bertz CT molecular complexity index is 576. The van der Waals surface area contributed by atoms with Gasteiger partial charge in [0.05, 0.1) is 9.80 Å². The molecule has 2 bridgehead atoms. The van der Waals surface area contributed by atoms with Crippen molar-refractivity contribution in [2.45, 2.75) is 50.0 Å². The largest absolute Gasteiger partial charge is 0.497 e. The number of fused-ring (bicyclic) bond motifs is 1. The molecule has 1 aliphatic heterocycles. The molecule has 1 heterocycles. The summed E-state index contributed by atoms with van der Waals surface area (Å²) >= 11 is 0. The van der Waals surface area contributed by atoms with Crippen LogP contribution in [0.15, 0.2) is 18.2 Å². The average Bonchev–Trinajstić information content (AvgIpc) is 2.51. The molecule has 2 fully saturated rings. The minimum Gasteiger partial charge on any atom is -0.497 e. The van der Waals surface area contributed by atoms with E-state index >= 15 is 0 Å². The van der Waals surface area contributed by atoms with Gasteiger partial charge in [-0.3, -0.25) is 0 Å². The molecular formula is C18H25NO. The molecule has 3 aliphatic rings. The highest BCUT2D eigenvalue weighted by Crippen LogP contribution is 2.55. The highest BCUT2D eigenvalue weighted by atomic mass is 16.5. The first-order chi connectivity index (χ1) is 10.6. The van der Waals surface area contributed by atoms with Crippen LogP contribution in [-0.2, 0) is 11.8 Å². The van der Waals surface area contributed by atoms with E-state index in [2.05, 4.69) is 24.1 Å². The molecule has 2 nitrogen and oxygen atoms in total. The average molecular weight is 273 g/mol. The normalized spacial score (nSPS) is 37.7. The number of ether oxygens (including phenoxy) is 1. The molecule has 108 valence electrons. The van der Waals surface area contributed by atoms with Crippen LogP contribution in [0.2, 0.25) is 0 Å². The van der Waals surface area contributed by atoms with E-state index in [9.17, 15) is 0 Å². The second kappa shape index (κ2) is 4.49. The molecule has 2 heteroatoms. The maximum atomic E-state index is 7.34. The Morgan fingerprint density at radius 3 is 3.20 bits per heavy atom. The molecule has 0 spiro atoms. The zero-order chi connectivity index (χ0) is 15.3. The second-order valence-corrected chi connectivity index (χ2v) is 6.95. The van der Waals surface area contributed by atoms with Gasteiger partial charge in [0.2, 0.25) is 0 Å². The molecule has 1 aromatic rings. The van der Waals surface area contributed by atoms with E-state index in [0.717, 1.165) is 12.3 Å². The fraction of sp³-hybridized carbons (Fsp3) is 0.667. The predicted molar refractivity (Wildman–Crippen MR) is 81.4 cm³/mol. The molecule has 4 rings (SSSR count). The van der Waals surface area contributed by atoms with Crippen molar-refractivity contribution in [2.75, 3.05) is 20.7 Å². The summed E-state index contributed by atoms with van der Waals surface area (Å²) in [6.07, 6.45) is 7.72. The molecule has 1 aromatic carbocycles. The van der Waals surface area contributed by atoms with Gasteiger partial charge in [-0.05, 0) is 68.5 Å². The van der Waals surface area contributed by atoms with Gasteiger partial charge in [0.25, 0.3) is 0 Å². The van der Waals surface area contributed by atoms with Gasteiger partial charge in [-0.1, -0.05) is 18.9 Å². The van der Waals surface area contributed by atoms with Crippen molar-refractivity contribution >= 4 is 0 Å². The summed E-state index contributed by atoms with van der Waals surface area (Å²) in [5.41, 5.74) is 3.26. The molecule has 1 saturated carbocycles. The molecular weight excluding hydrogens is 246 g/mol. The number of hydrogen-bond donors (Lipinski definition) is 0. The van der Waals surface area contributed by atoms with Crippen molar-refractivity contribution in [3.8, 4) is 5.75 Å². The summed E-state index contributed by atoms with van der Waals surface area (Å²) < 4.78 is 20.0. The maximum Gasteiger partial charge on any atom is 0.119 e. The number of piperidine rings is 1. The molecule has 2 aliphatic carbocycles. The molecule has 0 aromatic heterocycles. The molecule has 0 N–H and O–H groups in total. The first kappa shape index (κ1) is 10.7.